The highest BCUT2D eigenvalue weighted by molar-refractivity contribution is 7.42. The Bertz CT molecular complexity index is 663. The van der Waals surface area contributed by atoms with E-state index in [0.717, 1.165) is 10.4 Å². The smallest absolute Gasteiger partial charge is 0.387 e. The summed E-state index contributed by atoms with van der Waals surface area (Å²) in [6, 6.07) is 20.6. The first-order valence-electron chi connectivity index (χ1n) is 10.9. The van der Waals surface area contributed by atoms with Crippen LogP contribution in [-0.4, -0.2) is 40.6 Å². The van der Waals surface area contributed by atoms with E-state index in [0.29, 0.717) is 0 Å². The van der Waals surface area contributed by atoms with E-state index in [4.69, 9.17) is 17.7 Å². The zero-order valence-corrected chi connectivity index (χ0v) is 21.7. The van der Waals surface area contributed by atoms with E-state index >= 15 is 0 Å². The molecule has 0 fully saturated rings. The van der Waals surface area contributed by atoms with Gasteiger partial charge in [-0.3, -0.25) is 0 Å². The van der Waals surface area contributed by atoms with Crippen molar-refractivity contribution in [2.24, 2.45) is 0 Å². The second-order valence-corrected chi connectivity index (χ2v) is 17.1. The van der Waals surface area contributed by atoms with Crippen LogP contribution < -0.4 is 10.4 Å². The molecule has 0 aromatic heterocycles. The fraction of sp³-hybridized carbons (Fsp3) is 0.500. The molecule has 6 heteroatoms. The maximum Gasteiger partial charge on any atom is 0.424 e. The van der Waals surface area contributed by atoms with Gasteiger partial charge in [0.2, 0.25) is 0 Å². The molecule has 2 aromatic rings. The Balaban J connectivity index is 2.94. The highest BCUT2D eigenvalue weighted by atomic mass is 29.3. The van der Waals surface area contributed by atoms with Gasteiger partial charge in [-0.05, 0) is 65.8 Å². The summed E-state index contributed by atoms with van der Waals surface area (Å²) in [4.78, 5) is 0. The molecular formula is C24H38O4Si2. The van der Waals surface area contributed by atoms with Crippen LogP contribution >= 0.6 is 0 Å². The van der Waals surface area contributed by atoms with Crippen molar-refractivity contribution in [3.05, 3.63) is 60.7 Å². The second kappa shape index (κ2) is 10.8. The van der Waals surface area contributed by atoms with Gasteiger partial charge in [0.15, 0.2) is 0 Å². The third kappa shape index (κ3) is 5.69. The van der Waals surface area contributed by atoms with Gasteiger partial charge in [-0.1, -0.05) is 60.7 Å². The lowest BCUT2D eigenvalue weighted by Gasteiger charge is -2.47. The molecule has 0 N–H and O–H groups in total. The first kappa shape index (κ1) is 25.0. The molecule has 0 amide bonds. The Labute approximate surface area is 184 Å². The van der Waals surface area contributed by atoms with Gasteiger partial charge in [-0.2, -0.15) is 0 Å². The van der Waals surface area contributed by atoms with Gasteiger partial charge in [0.05, 0.1) is 0 Å². The van der Waals surface area contributed by atoms with Crippen molar-refractivity contribution in [3.8, 4) is 0 Å². The predicted molar refractivity (Wildman–Crippen MR) is 129 cm³/mol. The largest absolute Gasteiger partial charge is 0.424 e. The van der Waals surface area contributed by atoms with E-state index in [9.17, 15) is 0 Å². The zero-order valence-electron chi connectivity index (χ0n) is 19.7. The van der Waals surface area contributed by atoms with Crippen LogP contribution in [0.4, 0.5) is 0 Å². The number of rotatable bonds is 11. The van der Waals surface area contributed by atoms with Gasteiger partial charge in [-0.25, -0.2) is 0 Å². The molecule has 0 aliphatic heterocycles. The quantitative estimate of drug-likeness (QED) is 0.478. The predicted octanol–water partition coefficient (Wildman–Crippen LogP) is 4.46. The molecule has 4 nitrogen and oxygen atoms in total. The standard InChI is InChI=1S/C24H38O4Si2/c1-19(2)25-29(26-20(3)4,23-15-11-9-12-16-23)30(27-21(5)6,28-22(7)8)24-17-13-10-14-18-24/h9-22H,1-8H3. The van der Waals surface area contributed by atoms with E-state index in [2.05, 4.69) is 79.7 Å². The van der Waals surface area contributed by atoms with E-state index < -0.39 is 16.2 Å². The van der Waals surface area contributed by atoms with Crippen molar-refractivity contribution in [1.29, 1.82) is 0 Å². The molecule has 30 heavy (non-hydrogen) atoms. The minimum Gasteiger partial charge on any atom is -0.387 e. The maximum atomic E-state index is 6.88. The van der Waals surface area contributed by atoms with Crippen LogP contribution in [0.2, 0.25) is 0 Å². The molecule has 0 saturated heterocycles. The van der Waals surface area contributed by atoms with E-state index in [-0.39, 0.29) is 24.4 Å². The van der Waals surface area contributed by atoms with Gasteiger partial charge >= 0.3 is 16.2 Å². The maximum absolute atomic E-state index is 6.88. The minimum absolute atomic E-state index is 0.0438. The molecule has 0 bridgehead atoms. The molecule has 0 heterocycles. The Morgan fingerprint density at radius 1 is 0.433 bits per heavy atom. The molecule has 0 spiro atoms. The van der Waals surface area contributed by atoms with Crippen LogP contribution in [0, 0.1) is 0 Å². The molecule has 2 aromatic carbocycles. The van der Waals surface area contributed by atoms with E-state index in [1.807, 2.05) is 36.4 Å². The molecule has 0 aliphatic carbocycles. The monoisotopic (exact) mass is 446 g/mol. The van der Waals surface area contributed by atoms with Crippen molar-refractivity contribution < 1.29 is 17.7 Å². The molecule has 0 radical (unpaired) electrons. The van der Waals surface area contributed by atoms with Crippen molar-refractivity contribution in [2.75, 3.05) is 0 Å². The Hall–Kier alpha value is -1.29. The zero-order chi connectivity index (χ0) is 22.4. The van der Waals surface area contributed by atoms with Crippen molar-refractivity contribution in [2.45, 2.75) is 79.8 Å². The molecule has 0 saturated carbocycles. The normalized spacial score (nSPS) is 13.1. The highest BCUT2D eigenvalue weighted by Crippen LogP contribution is 2.30. The average molecular weight is 447 g/mol. The van der Waals surface area contributed by atoms with Crippen LogP contribution in [0.1, 0.15) is 55.4 Å². The number of benzene rings is 2. The van der Waals surface area contributed by atoms with E-state index in [1.54, 1.807) is 0 Å². The number of hydrogen-bond acceptors (Lipinski definition) is 4. The molecule has 0 aliphatic rings. The van der Waals surface area contributed by atoms with Crippen molar-refractivity contribution in [3.63, 3.8) is 0 Å². The first-order valence-corrected chi connectivity index (χ1v) is 15.6. The summed E-state index contributed by atoms with van der Waals surface area (Å²) in [5, 5.41) is 2.09. The van der Waals surface area contributed by atoms with E-state index in [1.165, 1.54) is 0 Å². The summed E-state index contributed by atoms with van der Waals surface area (Å²) in [7, 11) is -6.50. The highest BCUT2D eigenvalue weighted by Gasteiger charge is 2.69. The average Bonchev–Trinajstić information content (AvgIpc) is 2.66. The van der Waals surface area contributed by atoms with Crippen molar-refractivity contribution in [1.82, 2.24) is 0 Å². The van der Waals surface area contributed by atoms with Crippen LogP contribution in [0.5, 0.6) is 0 Å². The summed E-state index contributed by atoms with van der Waals surface area (Å²) in [6.07, 6.45) is -0.175. The molecule has 166 valence electrons. The van der Waals surface area contributed by atoms with Gasteiger partial charge in [0.25, 0.3) is 0 Å². The fourth-order valence-electron chi connectivity index (χ4n) is 3.66. The fourth-order valence-corrected chi connectivity index (χ4v) is 17.6. The lowest BCUT2D eigenvalue weighted by atomic mass is 10.4. The van der Waals surface area contributed by atoms with Crippen LogP contribution in [-0.2, 0) is 17.7 Å². The van der Waals surface area contributed by atoms with Crippen molar-refractivity contribution >= 4 is 26.5 Å². The summed E-state index contributed by atoms with van der Waals surface area (Å²) in [5.41, 5.74) is 0. The topological polar surface area (TPSA) is 36.9 Å². The SMILES string of the molecule is CC(C)O[Si](OC(C)C)(c1ccccc1)[Si](OC(C)C)(OC(C)C)c1ccccc1. The van der Waals surface area contributed by atoms with Gasteiger partial charge in [0.1, 0.15) is 0 Å². The second-order valence-electron chi connectivity index (χ2n) is 8.63. The van der Waals surface area contributed by atoms with Crippen LogP contribution in [0.15, 0.2) is 60.7 Å². The summed E-state index contributed by atoms with van der Waals surface area (Å²) < 4.78 is 27.5. The van der Waals surface area contributed by atoms with Gasteiger partial charge in [-0.15, -0.1) is 0 Å². The molecule has 0 atom stereocenters. The lowest BCUT2D eigenvalue weighted by molar-refractivity contribution is 0.0819. The van der Waals surface area contributed by atoms with Crippen LogP contribution in [0.25, 0.3) is 0 Å². The Morgan fingerprint density at radius 2 is 0.667 bits per heavy atom. The summed E-state index contributed by atoms with van der Waals surface area (Å²) in [6.45, 7) is 16.5. The molecular weight excluding hydrogens is 408 g/mol. The Kier molecular flexibility index (Phi) is 9.03. The lowest BCUT2D eigenvalue weighted by Crippen LogP contribution is -2.83. The molecule has 0 unspecified atom stereocenters. The van der Waals surface area contributed by atoms with Gasteiger partial charge in [0, 0.05) is 24.4 Å². The number of hydrogen-bond donors (Lipinski definition) is 0. The first-order chi connectivity index (χ1) is 14.1. The third-order valence-corrected chi connectivity index (χ3v) is 16.4. The van der Waals surface area contributed by atoms with Gasteiger partial charge < -0.3 is 17.7 Å². The molecule has 2 rings (SSSR count). The summed E-state index contributed by atoms with van der Waals surface area (Å²) in [5.74, 6) is 0. The van der Waals surface area contributed by atoms with Crippen LogP contribution in [0.3, 0.4) is 0 Å². The Morgan fingerprint density at radius 3 is 0.867 bits per heavy atom. The third-order valence-electron chi connectivity index (χ3n) is 4.35. The summed E-state index contributed by atoms with van der Waals surface area (Å²) >= 11 is 0. The minimum atomic E-state index is -3.25.